The van der Waals surface area contributed by atoms with E-state index in [-0.39, 0.29) is 17.4 Å². The maximum absolute atomic E-state index is 13.3. The van der Waals surface area contributed by atoms with Crippen molar-refractivity contribution >= 4 is 63.0 Å². The summed E-state index contributed by atoms with van der Waals surface area (Å²) in [5.74, 6) is -0.236. The summed E-state index contributed by atoms with van der Waals surface area (Å²) in [6.45, 7) is 1.16. The van der Waals surface area contributed by atoms with Gasteiger partial charge in [-0.1, -0.05) is 65.1 Å². The predicted molar refractivity (Wildman–Crippen MR) is 145 cm³/mol. The topological polar surface area (TPSA) is 65.2 Å². The van der Waals surface area contributed by atoms with Crippen molar-refractivity contribution in [3.8, 4) is 11.1 Å². The van der Waals surface area contributed by atoms with Crippen molar-refractivity contribution in [3.05, 3.63) is 92.2 Å². The van der Waals surface area contributed by atoms with Gasteiger partial charge in [0.1, 0.15) is 5.69 Å². The van der Waals surface area contributed by atoms with Crippen molar-refractivity contribution in [2.75, 3.05) is 23.3 Å². The molecule has 0 bridgehead atoms. The quantitative estimate of drug-likeness (QED) is 0.301. The standard InChI is InChI=1S/C27H22Cl3N3O2/c28-18-6-9-23-20(14-18)24(16-4-2-1-3-5-16)25(27(35)32-23)33-12-10-17(11-13-33)26(34)31-19-7-8-21(29)22(30)15-19/h1-9,14-15,17H,10-13H2,(H,31,34)(H,32,35). The van der Waals surface area contributed by atoms with E-state index in [1.165, 1.54) is 0 Å². The van der Waals surface area contributed by atoms with Gasteiger partial charge in [0, 0.05) is 46.2 Å². The largest absolute Gasteiger partial charge is 0.367 e. The van der Waals surface area contributed by atoms with Gasteiger partial charge in [-0.05, 0) is 54.8 Å². The van der Waals surface area contributed by atoms with Crippen molar-refractivity contribution in [3.63, 3.8) is 0 Å². The van der Waals surface area contributed by atoms with Crippen LogP contribution >= 0.6 is 34.8 Å². The van der Waals surface area contributed by atoms with Crippen LogP contribution in [0.2, 0.25) is 15.1 Å². The fraction of sp³-hybridized carbons (Fsp3) is 0.185. The lowest BCUT2D eigenvalue weighted by atomic mass is 9.93. The van der Waals surface area contributed by atoms with Gasteiger partial charge in [-0.2, -0.15) is 0 Å². The number of H-pyrrole nitrogens is 1. The molecule has 8 heteroatoms. The molecule has 0 atom stereocenters. The van der Waals surface area contributed by atoms with Gasteiger partial charge in [-0.3, -0.25) is 9.59 Å². The van der Waals surface area contributed by atoms with Crippen molar-refractivity contribution in [2.45, 2.75) is 12.8 Å². The highest BCUT2D eigenvalue weighted by atomic mass is 35.5. The Bertz CT molecular complexity index is 1460. The molecule has 4 aromatic rings. The number of rotatable bonds is 4. The molecule has 1 amide bonds. The van der Waals surface area contributed by atoms with E-state index in [0.29, 0.717) is 52.4 Å². The minimum atomic E-state index is -0.171. The molecule has 0 saturated carbocycles. The minimum absolute atomic E-state index is 0.0643. The van der Waals surface area contributed by atoms with E-state index in [4.69, 9.17) is 34.8 Å². The highest BCUT2D eigenvalue weighted by Gasteiger charge is 2.28. The fourth-order valence-corrected chi connectivity index (χ4v) is 5.11. The summed E-state index contributed by atoms with van der Waals surface area (Å²) in [5, 5.41) is 5.25. The number of fused-ring (bicyclic) bond motifs is 1. The smallest absolute Gasteiger partial charge is 0.272 e. The third kappa shape index (κ3) is 4.90. The number of hydrogen-bond donors (Lipinski definition) is 2. The Balaban J connectivity index is 1.43. The van der Waals surface area contributed by atoms with E-state index < -0.39 is 0 Å². The fourth-order valence-electron chi connectivity index (χ4n) is 4.64. The van der Waals surface area contributed by atoms with Gasteiger partial charge in [0.2, 0.25) is 5.91 Å². The lowest BCUT2D eigenvalue weighted by molar-refractivity contribution is -0.120. The van der Waals surface area contributed by atoms with Crippen molar-refractivity contribution in [1.29, 1.82) is 0 Å². The number of amides is 1. The highest BCUT2D eigenvalue weighted by Crippen LogP contribution is 2.37. The summed E-state index contributed by atoms with van der Waals surface area (Å²) in [6, 6.07) is 20.4. The first-order valence-electron chi connectivity index (χ1n) is 11.3. The van der Waals surface area contributed by atoms with Crippen LogP contribution in [0, 0.1) is 5.92 Å². The molecule has 0 radical (unpaired) electrons. The molecule has 3 aromatic carbocycles. The molecule has 5 nitrogen and oxygen atoms in total. The molecule has 0 spiro atoms. The van der Waals surface area contributed by atoms with Gasteiger partial charge in [0.15, 0.2) is 0 Å². The number of anilines is 2. The van der Waals surface area contributed by atoms with Crippen LogP contribution < -0.4 is 15.8 Å². The molecule has 1 aromatic heterocycles. The third-order valence-corrected chi connectivity index (χ3v) is 7.36. The second-order valence-corrected chi connectivity index (χ2v) is 9.86. The number of halogens is 3. The number of nitrogens with one attached hydrogen (secondary N) is 2. The van der Waals surface area contributed by atoms with Crippen LogP contribution in [0.25, 0.3) is 22.0 Å². The SMILES string of the molecule is O=C(Nc1ccc(Cl)c(Cl)c1)C1CCN(c2c(-c3ccccc3)c3cc(Cl)ccc3[nH]c2=O)CC1. The number of piperidine rings is 1. The summed E-state index contributed by atoms with van der Waals surface area (Å²) >= 11 is 18.4. The number of hydrogen-bond acceptors (Lipinski definition) is 3. The first-order chi connectivity index (χ1) is 16.9. The Morgan fingerprint density at radius 2 is 1.66 bits per heavy atom. The van der Waals surface area contributed by atoms with Crippen molar-refractivity contribution in [1.82, 2.24) is 4.98 Å². The van der Waals surface area contributed by atoms with Crippen molar-refractivity contribution in [2.24, 2.45) is 5.92 Å². The molecule has 2 heterocycles. The summed E-state index contributed by atoms with van der Waals surface area (Å²) in [7, 11) is 0. The normalized spacial score (nSPS) is 14.3. The number of aromatic nitrogens is 1. The lowest BCUT2D eigenvalue weighted by Crippen LogP contribution is -2.40. The van der Waals surface area contributed by atoms with Crippen LogP contribution in [0.5, 0.6) is 0 Å². The zero-order chi connectivity index (χ0) is 24.5. The minimum Gasteiger partial charge on any atom is -0.367 e. The average molecular weight is 527 g/mol. The molecule has 35 heavy (non-hydrogen) atoms. The summed E-state index contributed by atoms with van der Waals surface area (Å²) in [6.07, 6.45) is 1.24. The second kappa shape index (κ2) is 9.94. The number of benzene rings is 3. The van der Waals surface area contributed by atoms with Gasteiger partial charge in [0.25, 0.3) is 5.56 Å². The van der Waals surface area contributed by atoms with Gasteiger partial charge in [-0.15, -0.1) is 0 Å². The molecule has 1 saturated heterocycles. The molecule has 1 fully saturated rings. The first kappa shape index (κ1) is 23.7. The first-order valence-corrected chi connectivity index (χ1v) is 12.5. The zero-order valence-corrected chi connectivity index (χ0v) is 20.9. The maximum atomic E-state index is 13.3. The van der Waals surface area contributed by atoms with Crippen LogP contribution in [-0.2, 0) is 4.79 Å². The Kier molecular flexibility index (Phi) is 6.74. The molecular formula is C27H22Cl3N3O2. The number of carbonyl (C=O) groups is 1. The Hall–Kier alpha value is -2.99. The van der Waals surface area contributed by atoms with E-state index in [2.05, 4.69) is 15.2 Å². The molecule has 178 valence electrons. The third-order valence-electron chi connectivity index (χ3n) is 6.38. The lowest BCUT2D eigenvalue weighted by Gasteiger charge is -2.34. The number of nitrogens with zero attached hydrogens (tertiary/aromatic N) is 1. The molecule has 2 N–H and O–H groups in total. The summed E-state index contributed by atoms with van der Waals surface area (Å²) < 4.78 is 0. The van der Waals surface area contributed by atoms with E-state index in [9.17, 15) is 9.59 Å². The molecule has 5 rings (SSSR count). The average Bonchev–Trinajstić information content (AvgIpc) is 2.86. The van der Waals surface area contributed by atoms with Gasteiger partial charge >= 0.3 is 0 Å². The zero-order valence-electron chi connectivity index (χ0n) is 18.7. The summed E-state index contributed by atoms with van der Waals surface area (Å²) in [4.78, 5) is 31.3. The van der Waals surface area contributed by atoms with Crippen LogP contribution in [0.1, 0.15) is 12.8 Å². The van der Waals surface area contributed by atoms with Crippen LogP contribution in [0.3, 0.4) is 0 Å². The molecule has 0 aliphatic carbocycles. The number of carbonyl (C=O) groups excluding carboxylic acids is 1. The molecule has 0 unspecified atom stereocenters. The van der Waals surface area contributed by atoms with Crippen LogP contribution in [0.4, 0.5) is 11.4 Å². The highest BCUT2D eigenvalue weighted by molar-refractivity contribution is 6.42. The summed E-state index contributed by atoms with van der Waals surface area (Å²) in [5.41, 5.74) is 3.59. The maximum Gasteiger partial charge on any atom is 0.272 e. The van der Waals surface area contributed by atoms with Gasteiger partial charge in [-0.25, -0.2) is 0 Å². The second-order valence-electron chi connectivity index (χ2n) is 8.61. The van der Waals surface area contributed by atoms with E-state index in [1.807, 2.05) is 42.5 Å². The van der Waals surface area contributed by atoms with Crippen LogP contribution in [-0.4, -0.2) is 24.0 Å². The number of pyridine rings is 1. The van der Waals surface area contributed by atoms with Gasteiger partial charge in [0.05, 0.1) is 10.0 Å². The molecule has 1 aliphatic rings. The molecular weight excluding hydrogens is 505 g/mol. The van der Waals surface area contributed by atoms with Crippen molar-refractivity contribution < 1.29 is 4.79 Å². The van der Waals surface area contributed by atoms with E-state index in [1.54, 1.807) is 24.3 Å². The number of aromatic amines is 1. The Morgan fingerprint density at radius 3 is 2.37 bits per heavy atom. The van der Waals surface area contributed by atoms with E-state index in [0.717, 1.165) is 22.0 Å². The van der Waals surface area contributed by atoms with Crippen LogP contribution in [0.15, 0.2) is 71.5 Å². The van der Waals surface area contributed by atoms with E-state index >= 15 is 0 Å². The molecule has 1 aliphatic heterocycles. The predicted octanol–water partition coefficient (Wildman–Crippen LogP) is 7.01. The van der Waals surface area contributed by atoms with Gasteiger partial charge < -0.3 is 15.2 Å². The Morgan fingerprint density at radius 1 is 0.914 bits per heavy atom. The Labute approximate surface area is 217 Å². The monoisotopic (exact) mass is 525 g/mol.